The molecule has 0 saturated heterocycles. The lowest BCUT2D eigenvalue weighted by Gasteiger charge is -2.34. The molecular weight excluding hydrogens is 401 g/mol. The molecule has 0 saturated carbocycles. The normalized spacial score (nSPS) is 20.8. The Balaban J connectivity index is 1.72. The van der Waals surface area contributed by atoms with E-state index in [-0.39, 0.29) is 35.8 Å². The van der Waals surface area contributed by atoms with Gasteiger partial charge >= 0.3 is 0 Å². The van der Waals surface area contributed by atoms with Crippen molar-refractivity contribution in [3.05, 3.63) is 64.6 Å². The van der Waals surface area contributed by atoms with Crippen LogP contribution in [0, 0.1) is 5.82 Å². The summed E-state index contributed by atoms with van der Waals surface area (Å²) in [7, 11) is 4.62. The van der Waals surface area contributed by atoms with E-state index in [0.717, 1.165) is 11.1 Å². The first kappa shape index (κ1) is 20.9. The predicted molar refractivity (Wildman–Crippen MR) is 112 cm³/mol. The average molecular weight is 425 g/mol. The van der Waals surface area contributed by atoms with Gasteiger partial charge in [-0.05, 0) is 47.7 Å². The SMILES string of the molecule is COc1cc([C@@H]2CC(=O)C3=C(C2)NC(=O)C[C@H]3c2ccc(F)cc2)cc(OC)c1OC. The van der Waals surface area contributed by atoms with Crippen LogP contribution >= 0.6 is 0 Å². The van der Waals surface area contributed by atoms with E-state index in [9.17, 15) is 14.0 Å². The van der Waals surface area contributed by atoms with Crippen LogP contribution in [-0.2, 0) is 9.59 Å². The van der Waals surface area contributed by atoms with Crippen LogP contribution in [0.25, 0.3) is 0 Å². The Morgan fingerprint density at radius 1 is 0.871 bits per heavy atom. The van der Waals surface area contributed by atoms with Gasteiger partial charge in [0.2, 0.25) is 11.7 Å². The lowest BCUT2D eigenvalue weighted by Crippen LogP contribution is -2.38. The fourth-order valence-electron chi connectivity index (χ4n) is 4.51. The largest absolute Gasteiger partial charge is 0.493 e. The molecule has 2 aromatic rings. The third kappa shape index (κ3) is 3.87. The smallest absolute Gasteiger partial charge is 0.225 e. The zero-order valence-electron chi connectivity index (χ0n) is 17.7. The fraction of sp³-hybridized carbons (Fsp3) is 0.333. The van der Waals surface area contributed by atoms with Gasteiger partial charge in [-0.1, -0.05) is 12.1 Å². The van der Waals surface area contributed by atoms with Crippen LogP contribution in [0.1, 0.15) is 42.2 Å². The van der Waals surface area contributed by atoms with Gasteiger partial charge in [-0.25, -0.2) is 4.39 Å². The number of carbonyl (C=O) groups is 2. The van der Waals surface area contributed by atoms with E-state index in [1.165, 1.54) is 19.2 Å². The molecule has 1 amide bonds. The monoisotopic (exact) mass is 425 g/mol. The zero-order chi connectivity index (χ0) is 22.1. The van der Waals surface area contributed by atoms with E-state index in [2.05, 4.69) is 5.32 Å². The van der Waals surface area contributed by atoms with Gasteiger partial charge < -0.3 is 19.5 Å². The first-order valence-electron chi connectivity index (χ1n) is 10.1. The highest BCUT2D eigenvalue weighted by Gasteiger charge is 2.38. The Morgan fingerprint density at radius 3 is 2.10 bits per heavy atom. The van der Waals surface area contributed by atoms with Gasteiger partial charge in [0.05, 0.1) is 21.3 Å². The standard InChI is InChI=1S/C24H24FNO5/c1-29-20-10-15(11-21(30-2)24(20)31-3)14-8-18-23(19(27)9-14)17(12-22(28)26-18)13-4-6-16(25)7-5-13/h4-7,10-11,14,17H,8-9,12H2,1-3H3,(H,26,28)/t14-,17-/m0/s1. The van der Waals surface area contributed by atoms with Crippen molar-refractivity contribution in [3.8, 4) is 17.2 Å². The van der Waals surface area contributed by atoms with Crippen LogP contribution in [0.3, 0.4) is 0 Å². The van der Waals surface area contributed by atoms with Crippen LogP contribution < -0.4 is 19.5 Å². The molecule has 0 unspecified atom stereocenters. The molecule has 0 fully saturated rings. The van der Waals surface area contributed by atoms with Crippen molar-refractivity contribution >= 4 is 11.7 Å². The number of hydrogen-bond acceptors (Lipinski definition) is 5. The Bertz CT molecular complexity index is 1040. The van der Waals surface area contributed by atoms with E-state index in [0.29, 0.717) is 41.4 Å². The highest BCUT2D eigenvalue weighted by atomic mass is 19.1. The minimum atomic E-state index is -0.363. The molecule has 2 aromatic carbocycles. The van der Waals surface area contributed by atoms with Gasteiger partial charge in [0.1, 0.15) is 5.82 Å². The van der Waals surface area contributed by atoms with Crippen LogP contribution in [0.5, 0.6) is 17.2 Å². The first-order valence-corrected chi connectivity index (χ1v) is 10.1. The number of halogens is 1. The van der Waals surface area contributed by atoms with E-state index in [4.69, 9.17) is 14.2 Å². The predicted octanol–water partition coefficient (Wildman–Crippen LogP) is 3.86. The molecule has 0 aromatic heterocycles. The van der Waals surface area contributed by atoms with Crippen molar-refractivity contribution in [2.24, 2.45) is 0 Å². The Labute approximate surface area is 180 Å². The molecule has 162 valence electrons. The minimum absolute atomic E-state index is 0.0191. The number of allylic oxidation sites excluding steroid dienone is 2. The number of ether oxygens (including phenoxy) is 3. The van der Waals surface area contributed by atoms with Gasteiger partial charge in [-0.15, -0.1) is 0 Å². The summed E-state index contributed by atoms with van der Waals surface area (Å²) < 4.78 is 29.6. The van der Waals surface area contributed by atoms with Crippen LogP contribution in [0.15, 0.2) is 47.7 Å². The molecule has 2 atom stereocenters. The summed E-state index contributed by atoms with van der Waals surface area (Å²) >= 11 is 0. The second kappa shape index (κ2) is 8.41. The fourth-order valence-corrected chi connectivity index (χ4v) is 4.51. The van der Waals surface area contributed by atoms with Gasteiger partial charge in [0, 0.05) is 30.0 Å². The van der Waals surface area contributed by atoms with E-state index in [1.54, 1.807) is 26.4 Å². The summed E-state index contributed by atoms with van der Waals surface area (Å²) in [6, 6.07) is 9.67. The summed E-state index contributed by atoms with van der Waals surface area (Å²) in [5, 5.41) is 2.90. The zero-order valence-corrected chi connectivity index (χ0v) is 17.7. The Morgan fingerprint density at radius 2 is 1.52 bits per heavy atom. The topological polar surface area (TPSA) is 73.9 Å². The molecule has 7 heteroatoms. The maximum Gasteiger partial charge on any atom is 0.225 e. The molecule has 1 aliphatic heterocycles. The van der Waals surface area contributed by atoms with Gasteiger partial charge in [-0.2, -0.15) is 0 Å². The average Bonchev–Trinajstić information content (AvgIpc) is 2.77. The molecule has 0 radical (unpaired) electrons. The number of methoxy groups -OCH3 is 3. The maximum atomic E-state index is 13.4. The minimum Gasteiger partial charge on any atom is -0.493 e. The van der Waals surface area contributed by atoms with Crippen molar-refractivity contribution in [2.45, 2.75) is 31.1 Å². The molecule has 6 nitrogen and oxygen atoms in total. The molecule has 4 rings (SSSR count). The molecule has 2 aliphatic rings. The molecule has 31 heavy (non-hydrogen) atoms. The number of Topliss-reactive ketones (excluding diaryl/α,β-unsaturated/α-hetero) is 1. The van der Waals surface area contributed by atoms with Crippen LogP contribution in [0.2, 0.25) is 0 Å². The third-order valence-corrected chi connectivity index (χ3v) is 5.97. The second-order valence-electron chi connectivity index (χ2n) is 7.74. The van der Waals surface area contributed by atoms with Crippen molar-refractivity contribution in [2.75, 3.05) is 21.3 Å². The Hall–Kier alpha value is -3.35. The molecule has 1 heterocycles. The van der Waals surface area contributed by atoms with Gasteiger partial charge in [0.25, 0.3) is 0 Å². The van der Waals surface area contributed by atoms with E-state index < -0.39 is 0 Å². The molecule has 1 aliphatic carbocycles. The van der Waals surface area contributed by atoms with Crippen LogP contribution in [-0.4, -0.2) is 33.0 Å². The van der Waals surface area contributed by atoms with Crippen molar-refractivity contribution in [3.63, 3.8) is 0 Å². The van der Waals surface area contributed by atoms with Crippen molar-refractivity contribution < 1.29 is 28.2 Å². The van der Waals surface area contributed by atoms with Crippen molar-refractivity contribution in [1.82, 2.24) is 5.32 Å². The number of ketones is 1. The number of nitrogens with one attached hydrogen (secondary N) is 1. The molecule has 0 spiro atoms. The number of rotatable bonds is 5. The van der Waals surface area contributed by atoms with E-state index >= 15 is 0 Å². The highest BCUT2D eigenvalue weighted by Crippen LogP contribution is 2.46. The highest BCUT2D eigenvalue weighted by molar-refractivity contribution is 6.02. The lowest BCUT2D eigenvalue weighted by molar-refractivity contribution is -0.122. The summed E-state index contributed by atoms with van der Waals surface area (Å²) in [6.07, 6.45) is 0.971. The molecule has 1 N–H and O–H groups in total. The van der Waals surface area contributed by atoms with Gasteiger partial charge in [-0.3, -0.25) is 9.59 Å². The summed E-state index contributed by atoms with van der Waals surface area (Å²) in [5.74, 6) is 0.487. The molecular formula is C24H24FNO5. The maximum absolute atomic E-state index is 13.4. The summed E-state index contributed by atoms with van der Waals surface area (Å²) in [4.78, 5) is 25.6. The van der Waals surface area contributed by atoms with E-state index in [1.807, 2.05) is 12.1 Å². The lowest BCUT2D eigenvalue weighted by atomic mass is 9.73. The van der Waals surface area contributed by atoms with Crippen LogP contribution in [0.4, 0.5) is 4.39 Å². The third-order valence-electron chi connectivity index (χ3n) is 5.97. The molecule has 0 bridgehead atoms. The number of hydrogen-bond donors (Lipinski definition) is 1. The van der Waals surface area contributed by atoms with Crippen molar-refractivity contribution in [1.29, 1.82) is 0 Å². The summed E-state index contributed by atoms with van der Waals surface area (Å²) in [5.41, 5.74) is 2.89. The van der Waals surface area contributed by atoms with Gasteiger partial charge in [0.15, 0.2) is 17.3 Å². The number of carbonyl (C=O) groups excluding carboxylic acids is 2. The number of benzene rings is 2. The quantitative estimate of drug-likeness (QED) is 0.788. The first-order chi connectivity index (χ1) is 14.9. The summed E-state index contributed by atoms with van der Waals surface area (Å²) in [6.45, 7) is 0. The second-order valence-corrected chi connectivity index (χ2v) is 7.74. The number of amides is 1. The Kier molecular flexibility index (Phi) is 5.67.